The molecule has 0 spiro atoms. The van der Waals surface area contributed by atoms with Crippen LogP contribution in [-0.4, -0.2) is 89.7 Å². The molecule has 12 nitrogen and oxygen atoms in total. The van der Waals surface area contributed by atoms with Gasteiger partial charge in [0, 0.05) is 26.0 Å². The number of hydrogen-bond acceptors (Lipinski definition) is 11. The van der Waals surface area contributed by atoms with E-state index >= 15 is 0 Å². The normalized spacial score (nSPS) is 22.4. The highest BCUT2D eigenvalue weighted by molar-refractivity contribution is 6.32. The van der Waals surface area contributed by atoms with Crippen molar-refractivity contribution in [3.63, 3.8) is 0 Å². The highest BCUT2D eigenvalue weighted by Crippen LogP contribution is 2.35. The molecule has 1 heterocycles. The maximum atomic E-state index is 13.0. The molecule has 218 valence electrons. The number of esters is 1. The Labute approximate surface area is 234 Å². The first-order valence-corrected chi connectivity index (χ1v) is 12.6. The van der Waals surface area contributed by atoms with Crippen LogP contribution >= 0.6 is 11.6 Å². The fourth-order valence-electron chi connectivity index (χ4n) is 4.09. The Balaban J connectivity index is 1.70. The number of aliphatic hydroxyl groups excluding tert-OH is 3. The second-order valence-corrected chi connectivity index (χ2v) is 9.42. The van der Waals surface area contributed by atoms with Crippen molar-refractivity contribution in [2.24, 2.45) is 0 Å². The molecule has 1 fully saturated rings. The molecule has 1 aliphatic heterocycles. The summed E-state index contributed by atoms with van der Waals surface area (Å²) in [6.45, 7) is -0.520. The number of aliphatic carboxylic acids is 1. The van der Waals surface area contributed by atoms with E-state index in [9.17, 15) is 29.7 Å². The summed E-state index contributed by atoms with van der Waals surface area (Å²) in [6.07, 6.45) is -7.13. The van der Waals surface area contributed by atoms with Crippen molar-refractivity contribution < 1.29 is 58.5 Å². The van der Waals surface area contributed by atoms with Crippen molar-refractivity contribution in [3.8, 4) is 11.5 Å². The van der Waals surface area contributed by atoms with Gasteiger partial charge in [-0.2, -0.15) is 0 Å². The van der Waals surface area contributed by atoms with Gasteiger partial charge in [0.2, 0.25) is 0 Å². The molecule has 4 N–H and O–H groups in total. The van der Waals surface area contributed by atoms with Crippen LogP contribution in [0, 0.1) is 0 Å². The number of rotatable bonds is 13. The van der Waals surface area contributed by atoms with Gasteiger partial charge in [-0.3, -0.25) is 9.59 Å². The number of carbonyl (C=O) groups excluding carboxylic acids is 2. The molecule has 13 heteroatoms. The number of Topliss-reactive ketones (excluding diaryl/α,β-unsaturated/α-hetero) is 1. The van der Waals surface area contributed by atoms with Gasteiger partial charge in [0.25, 0.3) is 0 Å². The predicted molar refractivity (Wildman–Crippen MR) is 138 cm³/mol. The van der Waals surface area contributed by atoms with Gasteiger partial charge in [-0.25, -0.2) is 4.79 Å². The summed E-state index contributed by atoms with van der Waals surface area (Å²) >= 11 is 6.37. The van der Waals surface area contributed by atoms with Crippen molar-refractivity contribution in [3.05, 3.63) is 58.1 Å². The van der Waals surface area contributed by atoms with Crippen LogP contribution in [0.25, 0.3) is 0 Å². The minimum Gasteiger partial charge on any atom is -0.496 e. The average Bonchev–Trinajstić information content (AvgIpc) is 2.93. The number of hydrogen-bond donors (Lipinski definition) is 4. The van der Waals surface area contributed by atoms with E-state index in [4.69, 9.17) is 40.4 Å². The maximum Gasteiger partial charge on any atom is 0.342 e. The number of halogens is 1. The van der Waals surface area contributed by atoms with Crippen LogP contribution in [-0.2, 0) is 36.8 Å². The molecule has 2 aromatic carbocycles. The van der Waals surface area contributed by atoms with Crippen LogP contribution in [0.3, 0.4) is 0 Å². The molecule has 0 saturated carbocycles. The number of methoxy groups -OCH3 is 2. The molecule has 40 heavy (non-hydrogen) atoms. The van der Waals surface area contributed by atoms with E-state index in [1.54, 1.807) is 24.3 Å². The molecule has 3 rings (SSSR count). The number of carbonyl (C=O) groups is 3. The minimum absolute atomic E-state index is 0.0520. The standard InChI is InChI=1S/C27H31ClO12/c1-36-19-11-20(38-13-15-5-3-4-14(8-15)9-16(30)6-7-22(31)32)18(28)10-17(19)26(35)40-25-24(34)23(33)21(12-29)39-27(25)37-2/h3-5,8,10-11,21,23-25,27,29,33-34H,6-7,9,12-13H2,1-2H3,(H,31,32)/t21-,23-,24+,25-,27+/m1/s1. The van der Waals surface area contributed by atoms with Gasteiger partial charge in [-0.15, -0.1) is 0 Å². The van der Waals surface area contributed by atoms with Gasteiger partial charge in [0.15, 0.2) is 12.4 Å². The van der Waals surface area contributed by atoms with Crippen LogP contribution in [0.1, 0.15) is 34.3 Å². The molecule has 0 unspecified atom stereocenters. The Morgan fingerprint density at radius 2 is 1.73 bits per heavy atom. The number of ketones is 1. The van der Waals surface area contributed by atoms with Gasteiger partial charge < -0.3 is 44.1 Å². The van der Waals surface area contributed by atoms with Crippen molar-refractivity contribution in [1.82, 2.24) is 0 Å². The van der Waals surface area contributed by atoms with Gasteiger partial charge in [0.1, 0.15) is 47.8 Å². The van der Waals surface area contributed by atoms with Crippen LogP contribution in [0.4, 0.5) is 0 Å². The van der Waals surface area contributed by atoms with E-state index in [0.29, 0.717) is 5.56 Å². The summed E-state index contributed by atoms with van der Waals surface area (Å²) in [6, 6.07) is 9.69. The Kier molecular flexibility index (Phi) is 11.3. The van der Waals surface area contributed by atoms with Gasteiger partial charge in [-0.05, 0) is 17.2 Å². The Hall–Kier alpha value is -3.26. The molecule has 1 aliphatic rings. The lowest BCUT2D eigenvalue weighted by Crippen LogP contribution is -2.60. The fraction of sp³-hybridized carbons (Fsp3) is 0.444. The Morgan fingerprint density at radius 3 is 2.38 bits per heavy atom. The van der Waals surface area contributed by atoms with Gasteiger partial charge in [0.05, 0.1) is 25.2 Å². The molecule has 0 aliphatic carbocycles. The molecule has 0 radical (unpaired) electrons. The maximum absolute atomic E-state index is 13.0. The number of ether oxygens (including phenoxy) is 5. The first kappa shape index (κ1) is 31.3. The molecule has 5 atom stereocenters. The van der Waals surface area contributed by atoms with Crippen molar-refractivity contribution in [2.45, 2.75) is 56.6 Å². The highest BCUT2D eigenvalue weighted by Gasteiger charge is 2.47. The highest BCUT2D eigenvalue weighted by atomic mass is 35.5. The second kappa shape index (κ2) is 14.4. The van der Waals surface area contributed by atoms with E-state index in [1.807, 2.05) is 0 Å². The minimum atomic E-state index is -1.60. The van der Waals surface area contributed by atoms with Gasteiger partial charge >= 0.3 is 11.9 Å². The fourth-order valence-corrected chi connectivity index (χ4v) is 4.30. The Bertz CT molecular complexity index is 1200. The van der Waals surface area contributed by atoms with E-state index < -0.39 is 49.3 Å². The lowest BCUT2D eigenvalue weighted by molar-refractivity contribution is -0.293. The number of benzene rings is 2. The van der Waals surface area contributed by atoms with Crippen molar-refractivity contribution in [2.75, 3.05) is 20.8 Å². The van der Waals surface area contributed by atoms with Crippen molar-refractivity contribution in [1.29, 1.82) is 0 Å². The zero-order valence-corrected chi connectivity index (χ0v) is 22.6. The zero-order valence-electron chi connectivity index (χ0n) is 21.8. The second-order valence-electron chi connectivity index (χ2n) is 9.01. The van der Waals surface area contributed by atoms with Gasteiger partial charge in [-0.1, -0.05) is 35.9 Å². The molecular formula is C27H31ClO12. The summed E-state index contributed by atoms with van der Waals surface area (Å²) in [5.41, 5.74) is 1.33. The molecule has 0 bridgehead atoms. The summed E-state index contributed by atoms with van der Waals surface area (Å²) in [4.78, 5) is 35.7. The molecule has 0 amide bonds. The topological polar surface area (TPSA) is 178 Å². The molecule has 1 saturated heterocycles. The third kappa shape index (κ3) is 7.90. The monoisotopic (exact) mass is 582 g/mol. The van der Waals surface area contributed by atoms with Crippen LogP contribution in [0.5, 0.6) is 11.5 Å². The lowest BCUT2D eigenvalue weighted by atomic mass is 9.99. The summed E-state index contributed by atoms with van der Waals surface area (Å²) in [7, 11) is 2.57. The van der Waals surface area contributed by atoms with E-state index in [2.05, 4.69) is 0 Å². The first-order valence-electron chi connectivity index (χ1n) is 12.3. The zero-order chi connectivity index (χ0) is 29.4. The van der Waals surface area contributed by atoms with Crippen molar-refractivity contribution >= 4 is 29.3 Å². The average molecular weight is 583 g/mol. The number of aliphatic hydroxyl groups is 3. The van der Waals surface area contributed by atoms with Crippen LogP contribution in [0.2, 0.25) is 5.02 Å². The Morgan fingerprint density at radius 1 is 1.00 bits per heavy atom. The largest absolute Gasteiger partial charge is 0.496 e. The van der Waals surface area contributed by atoms with Crippen LogP contribution < -0.4 is 9.47 Å². The van der Waals surface area contributed by atoms with Crippen LogP contribution in [0.15, 0.2) is 36.4 Å². The third-order valence-corrected chi connectivity index (χ3v) is 6.47. The number of carboxylic acid groups (broad SMARTS) is 1. The first-order chi connectivity index (χ1) is 19.1. The number of carboxylic acids is 1. The smallest absolute Gasteiger partial charge is 0.342 e. The summed E-state index contributed by atoms with van der Waals surface area (Å²) < 4.78 is 27.0. The van der Waals surface area contributed by atoms with E-state index in [-0.39, 0.29) is 53.7 Å². The molecule has 0 aromatic heterocycles. The summed E-state index contributed by atoms with van der Waals surface area (Å²) in [5, 5.41) is 38.7. The predicted octanol–water partition coefficient (Wildman–Crippen LogP) is 1.51. The lowest BCUT2D eigenvalue weighted by Gasteiger charge is -2.40. The summed E-state index contributed by atoms with van der Waals surface area (Å²) in [5.74, 6) is -1.93. The SMILES string of the molecule is COc1cc(OCc2cccc(CC(=O)CCC(=O)O)c2)c(Cl)cc1C(=O)O[C@H]1[C@@H](OC)O[C@H](CO)[C@@H](O)[C@@H]1O. The van der Waals surface area contributed by atoms with E-state index in [1.165, 1.54) is 26.4 Å². The quantitative estimate of drug-likeness (QED) is 0.251. The van der Waals surface area contributed by atoms with E-state index in [0.717, 1.165) is 5.56 Å². The molecular weight excluding hydrogens is 552 g/mol. The third-order valence-electron chi connectivity index (χ3n) is 6.18. The molecule has 2 aromatic rings.